The van der Waals surface area contributed by atoms with Crippen LogP contribution in [0.25, 0.3) is 0 Å². The van der Waals surface area contributed by atoms with Crippen LogP contribution in [0.3, 0.4) is 0 Å². The number of hydrogen-bond donors (Lipinski definition) is 3. The van der Waals surface area contributed by atoms with E-state index >= 15 is 0 Å². The summed E-state index contributed by atoms with van der Waals surface area (Å²) in [5, 5.41) is 6.09. The van der Waals surface area contributed by atoms with Crippen molar-refractivity contribution in [1.82, 2.24) is 5.32 Å². The van der Waals surface area contributed by atoms with Gasteiger partial charge in [-0.05, 0) is 43.7 Å². The molecule has 2 rings (SSSR count). The average Bonchev–Trinajstić information content (AvgIpc) is 2.47. The van der Waals surface area contributed by atoms with Gasteiger partial charge in [0, 0.05) is 12.2 Å². The zero-order valence-electron chi connectivity index (χ0n) is 11.6. The lowest BCUT2D eigenvalue weighted by Gasteiger charge is -2.21. The monoisotopic (exact) mass is 313 g/mol. The maximum absolute atomic E-state index is 12.0. The molecule has 1 atom stereocenters. The molecule has 2 amide bonds. The Morgan fingerprint density at radius 3 is 2.62 bits per heavy atom. The van der Waals surface area contributed by atoms with Crippen molar-refractivity contribution in [3.63, 3.8) is 0 Å². The Kier molecular flexibility index (Phi) is 6.98. The van der Waals surface area contributed by atoms with Crippen molar-refractivity contribution in [2.24, 2.45) is 11.7 Å². The van der Waals surface area contributed by atoms with Crippen LogP contribution in [0.5, 0.6) is 5.75 Å². The number of rotatable bonds is 5. The number of carbonyl (C=O) groups excluding carboxylic acids is 2. The first-order valence-corrected chi connectivity index (χ1v) is 6.68. The van der Waals surface area contributed by atoms with Gasteiger partial charge in [0.15, 0.2) is 6.61 Å². The molecule has 1 heterocycles. The standard InChI is InChI=1S/C14H19N3O3.ClH/c15-13(18)9-20-12-5-3-11(4-6-12)17-14(19)10-2-1-7-16-8-10;/h3-6,10,16H,1-2,7-9H2,(H2,15,18)(H,17,19);1H/t10-;/m1./s1. The quantitative estimate of drug-likeness (QED) is 0.753. The van der Waals surface area contributed by atoms with Crippen LogP contribution in [0.1, 0.15) is 12.8 Å². The number of carbonyl (C=O) groups is 2. The van der Waals surface area contributed by atoms with Crippen LogP contribution >= 0.6 is 12.4 Å². The summed E-state index contributed by atoms with van der Waals surface area (Å²) in [6.45, 7) is 1.56. The summed E-state index contributed by atoms with van der Waals surface area (Å²) < 4.78 is 5.15. The van der Waals surface area contributed by atoms with Crippen molar-refractivity contribution in [1.29, 1.82) is 0 Å². The first-order valence-electron chi connectivity index (χ1n) is 6.68. The molecule has 0 unspecified atom stereocenters. The Bertz CT molecular complexity index is 473. The summed E-state index contributed by atoms with van der Waals surface area (Å²) in [7, 11) is 0. The van der Waals surface area contributed by atoms with Crippen LogP contribution in [0.15, 0.2) is 24.3 Å². The Morgan fingerprint density at radius 1 is 1.33 bits per heavy atom. The van der Waals surface area contributed by atoms with Crippen molar-refractivity contribution in [2.75, 3.05) is 25.0 Å². The third-order valence-corrected chi connectivity index (χ3v) is 3.17. The molecule has 1 saturated heterocycles. The lowest BCUT2D eigenvalue weighted by Crippen LogP contribution is -2.37. The Hall–Kier alpha value is -1.79. The van der Waals surface area contributed by atoms with Gasteiger partial charge in [0.05, 0.1) is 5.92 Å². The molecular formula is C14H20ClN3O3. The van der Waals surface area contributed by atoms with Gasteiger partial charge in [0.1, 0.15) is 5.75 Å². The second-order valence-electron chi connectivity index (χ2n) is 4.81. The van der Waals surface area contributed by atoms with Crippen LogP contribution in [-0.4, -0.2) is 31.5 Å². The van der Waals surface area contributed by atoms with E-state index in [0.29, 0.717) is 11.4 Å². The van der Waals surface area contributed by atoms with Crippen molar-refractivity contribution >= 4 is 29.9 Å². The highest BCUT2D eigenvalue weighted by atomic mass is 35.5. The molecule has 1 aromatic rings. The van der Waals surface area contributed by atoms with Gasteiger partial charge in [-0.1, -0.05) is 0 Å². The lowest BCUT2D eigenvalue weighted by atomic mass is 9.99. The third kappa shape index (κ3) is 5.61. The molecule has 4 N–H and O–H groups in total. The summed E-state index contributed by atoms with van der Waals surface area (Å²) in [4.78, 5) is 22.6. The van der Waals surface area contributed by atoms with E-state index in [0.717, 1.165) is 25.9 Å². The highest BCUT2D eigenvalue weighted by molar-refractivity contribution is 5.92. The minimum absolute atomic E-state index is 0. The number of anilines is 1. The maximum atomic E-state index is 12.0. The molecule has 0 radical (unpaired) electrons. The minimum Gasteiger partial charge on any atom is -0.484 e. The molecule has 1 aliphatic heterocycles. The molecule has 0 bridgehead atoms. The largest absolute Gasteiger partial charge is 0.484 e. The van der Waals surface area contributed by atoms with Crippen LogP contribution in [0.4, 0.5) is 5.69 Å². The molecule has 116 valence electrons. The summed E-state index contributed by atoms with van der Waals surface area (Å²) in [6, 6.07) is 6.87. The van der Waals surface area contributed by atoms with Gasteiger partial charge in [0.25, 0.3) is 5.91 Å². The molecule has 0 aliphatic carbocycles. The van der Waals surface area contributed by atoms with Gasteiger partial charge in [-0.15, -0.1) is 12.4 Å². The van der Waals surface area contributed by atoms with Gasteiger partial charge < -0.3 is 21.1 Å². The number of primary amides is 1. The van der Waals surface area contributed by atoms with Crippen LogP contribution in [-0.2, 0) is 9.59 Å². The summed E-state index contributed by atoms with van der Waals surface area (Å²) >= 11 is 0. The van der Waals surface area contributed by atoms with E-state index in [-0.39, 0.29) is 30.8 Å². The van der Waals surface area contributed by atoms with Gasteiger partial charge >= 0.3 is 0 Å². The number of hydrogen-bond acceptors (Lipinski definition) is 4. The summed E-state index contributed by atoms with van der Waals surface area (Å²) in [5.41, 5.74) is 5.71. The lowest BCUT2D eigenvalue weighted by molar-refractivity contribution is -0.120. The van der Waals surface area contributed by atoms with Crippen molar-refractivity contribution < 1.29 is 14.3 Å². The fraction of sp³-hybridized carbons (Fsp3) is 0.429. The van der Waals surface area contributed by atoms with Crippen molar-refractivity contribution in [2.45, 2.75) is 12.8 Å². The van der Waals surface area contributed by atoms with Gasteiger partial charge in [-0.25, -0.2) is 0 Å². The molecule has 0 saturated carbocycles. The number of benzene rings is 1. The highest BCUT2D eigenvalue weighted by Gasteiger charge is 2.20. The molecule has 1 fully saturated rings. The van der Waals surface area contributed by atoms with E-state index in [1.807, 2.05) is 0 Å². The van der Waals surface area contributed by atoms with E-state index in [1.54, 1.807) is 24.3 Å². The second-order valence-corrected chi connectivity index (χ2v) is 4.81. The number of halogens is 1. The second kappa shape index (κ2) is 8.49. The molecule has 7 heteroatoms. The average molecular weight is 314 g/mol. The van der Waals surface area contributed by atoms with E-state index in [4.69, 9.17) is 10.5 Å². The number of nitrogens with two attached hydrogens (primary N) is 1. The molecular weight excluding hydrogens is 294 g/mol. The van der Waals surface area contributed by atoms with E-state index in [2.05, 4.69) is 10.6 Å². The van der Waals surface area contributed by atoms with Crippen molar-refractivity contribution in [3.8, 4) is 5.75 Å². The fourth-order valence-corrected chi connectivity index (χ4v) is 2.11. The van der Waals surface area contributed by atoms with E-state index in [9.17, 15) is 9.59 Å². The SMILES string of the molecule is Cl.NC(=O)COc1ccc(NC(=O)[C@@H]2CCCNC2)cc1. The number of nitrogens with one attached hydrogen (secondary N) is 2. The molecule has 0 aromatic heterocycles. The Morgan fingerprint density at radius 2 is 2.05 bits per heavy atom. The minimum atomic E-state index is -0.521. The maximum Gasteiger partial charge on any atom is 0.255 e. The molecule has 1 aromatic carbocycles. The summed E-state index contributed by atoms with van der Waals surface area (Å²) in [5.74, 6) is 0.0749. The van der Waals surface area contributed by atoms with Crippen LogP contribution in [0.2, 0.25) is 0 Å². The van der Waals surface area contributed by atoms with Crippen LogP contribution < -0.4 is 21.1 Å². The predicted molar refractivity (Wildman–Crippen MR) is 82.6 cm³/mol. The first-order chi connectivity index (χ1) is 9.65. The number of amides is 2. The smallest absolute Gasteiger partial charge is 0.255 e. The topological polar surface area (TPSA) is 93.5 Å². The zero-order chi connectivity index (χ0) is 14.4. The van der Waals surface area contributed by atoms with E-state index in [1.165, 1.54) is 0 Å². The van der Waals surface area contributed by atoms with Crippen molar-refractivity contribution in [3.05, 3.63) is 24.3 Å². The van der Waals surface area contributed by atoms with Gasteiger partial charge in [0.2, 0.25) is 5.91 Å². The third-order valence-electron chi connectivity index (χ3n) is 3.17. The number of ether oxygens (including phenoxy) is 1. The van der Waals surface area contributed by atoms with E-state index < -0.39 is 5.91 Å². The molecule has 6 nitrogen and oxygen atoms in total. The molecule has 21 heavy (non-hydrogen) atoms. The number of piperidine rings is 1. The highest BCUT2D eigenvalue weighted by Crippen LogP contribution is 2.18. The zero-order valence-corrected chi connectivity index (χ0v) is 12.4. The normalized spacial score (nSPS) is 17.4. The predicted octanol–water partition coefficient (Wildman–Crippen LogP) is 0.911. The summed E-state index contributed by atoms with van der Waals surface area (Å²) in [6.07, 6.45) is 1.94. The Balaban J connectivity index is 0.00000220. The molecule has 1 aliphatic rings. The van der Waals surface area contributed by atoms with Gasteiger partial charge in [-0.2, -0.15) is 0 Å². The first kappa shape index (κ1) is 17.3. The van der Waals surface area contributed by atoms with Crippen LogP contribution in [0, 0.1) is 5.92 Å². The molecule has 0 spiro atoms. The van der Waals surface area contributed by atoms with Gasteiger partial charge in [-0.3, -0.25) is 9.59 Å². The fourth-order valence-electron chi connectivity index (χ4n) is 2.11. The Labute approximate surface area is 129 Å².